The van der Waals surface area contributed by atoms with Gasteiger partial charge in [0.1, 0.15) is 0 Å². The van der Waals surface area contributed by atoms with Crippen LogP contribution in [0, 0.1) is 0 Å². The van der Waals surface area contributed by atoms with Gasteiger partial charge in [0.05, 0.1) is 10.9 Å². The van der Waals surface area contributed by atoms with E-state index in [9.17, 15) is 19.2 Å². The number of aryl methyl sites for hydroxylation is 1. The fraction of sp³-hybridized carbons (Fsp3) is 0.375. The molecule has 2 rings (SSSR count). The summed E-state index contributed by atoms with van der Waals surface area (Å²) in [5.41, 5.74) is -0.511. The van der Waals surface area contributed by atoms with Crippen LogP contribution >= 0.6 is 0 Å². The lowest BCUT2D eigenvalue weighted by atomic mass is 10.2. The lowest BCUT2D eigenvalue weighted by Gasteiger charge is -2.09. The summed E-state index contributed by atoms with van der Waals surface area (Å²) < 4.78 is 1.36. The molecule has 24 heavy (non-hydrogen) atoms. The van der Waals surface area contributed by atoms with Gasteiger partial charge in [0.2, 0.25) is 5.91 Å². The van der Waals surface area contributed by atoms with Crippen molar-refractivity contribution >= 4 is 22.8 Å². The minimum atomic E-state index is -0.856. The Labute approximate surface area is 137 Å². The molecule has 0 spiro atoms. The van der Waals surface area contributed by atoms with Crippen molar-refractivity contribution in [2.24, 2.45) is 0 Å². The van der Waals surface area contributed by atoms with Gasteiger partial charge in [-0.25, -0.2) is 4.79 Å². The summed E-state index contributed by atoms with van der Waals surface area (Å²) in [5, 5.41) is 11.6. The van der Waals surface area contributed by atoms with E-state index in [0.717, 1.165) is 0 Å². The molecular formula is C16H19N3O5. The number of benzene rings is 1. The first kappa shape index (κ1) is 17.5. The molecule has 0 bridgehead atoms. The molecule has 0 saturated heterocycles. The van der Waals surface area contributed by atoms with E-state index in [2.05, 4.69) is 10.3 Å². The van der Waals surface area contributed by atoms with E-state index in [4.69, 9.17) is 5.11 Å². The summed E-state index contributed by atoms with van der Waals surface area (Å²) in [6.45, 7) is 0.546. The Hall–Kier alpha value is -2.90. The van der Waals surface area contributed by atoms with Crippen molar-refractivity contribution < 1.29 is 14.7 Å². The molecule has 1 heterocycles. The number of fused-ring (bicyclic) bond motifs is 1. The molecule has 0 aliphatic heterocycles. The number of H-pyrrole nitrogens is 1. The third-order valence-corrected chi connectivity index (χ3v) is 3.61. The first-order valence-corrected chi connectivity index (χ1v) is 7.69. The number of hydrogen-bond acceptors (Lipinski definition) is 4. The maximum Gasteiger partial charge on any atom is 0.328 e. The Balaban J connectivity index is 1.94. The van der Waals surface area contributed by atoms with Crippen LogP contribution in [0.4, 0.5) is 0 Å². The van der Waals surface area contributed by atoms with Crippen LogP contribution in [0.2, 0.25) is 0 Å². The second-order valence-electron chi connectivity index (χ2n) is 5.38. The minimum Gasteiger partial charge on any atom is -0.481 e. The quantitative estimate of drug-likeness (QED) is 0.606. The highest BCUT2D eigenvalue weighted by Gasteiger charge is 2.08. The molecule has 2 aromatic rings. The Bertz CT molecular complexity index is 853. The molecule has 0 unspecified atom stereocenters. The van der Waals surface area contributed by atoms with Gasteiger partial charge in [0, 0.05) is 25.9 Å². The minimum absolute atomic E-state index is 0.0780. The number of aromatic amines is 1. The van der Waals surface area contributed by atoms with Crippen molar-refractivity contribution in [1.29, 1.82) is 0 Å². The van der Waals surface area contributed by atoms with Crippen LogP contribution in [0.5, 0.6) is 0 Å². The number of rotatable bonds is 8. The summed E-state index contributed by atoms with van der Waals surface area (Å²) in [7, 11) is 0. The van der Waals surface area contributed by atoms with E-state index >= 15 is 0 Å². The van der Waals surface area contributed by atoms with Crippen molar-refractivity contribution in [2.75, 3.05) is 6.54 Å². The molecule has 3 N–H and O–H groups in total. The van der Waals surface area contributed by atoms with Crippen molar-refractivity contribution in [3.63, 3.8) is 0 Å². The highest BCUT2D eigenvalue weighted by molar-refractivity contribution is 5.78. The predicted molar refractivity (Wildman–Crippen MR) is 87.9 cm³/mol. The van der Waals surface area contributed by atoms with Gasteiger partial charge in [-0.2, -0.15) is 0 Å². The van der Waals surface area contributed by atoms with Gasteiger partial charge in [-0.3, -0.25) is 23.9 Å². The lowest BCUT2D eigenvalue weighted by Crippen LogP contribution is -2.32. The zero-order valence-electron chi connectivity index (χ0n) is 13.1. The molecule has 0 atom stereocenters. The molecule has 0 radical (unpaired) electrons. The fourth-order valence-electron chi connectivity index (χ4n) is 2.40. The molecule has 0 aliphatic rings. The number of carbonyl (C=O) groups excluding carboxylic acids is 1. The largest absolute Gasteiger partial charge is 0.481 e. The standard InChI is InChI=1S/C16H19N3O5/c20-13(17-9-4-3-7-14(21)22)8-10-19-12-6-2-1-5-11(12)15(23)18-16(19)24/h1-2,5-6H,3-4,7-10H2,(H,17,20)(H,21,22)(H,18,23,24). The molecule has 1 aromatic heterocycles. The molecule has 1 aromatic carbocycles. The monoisotopic (exact) mass is 333 g/mol. The number of carbonyl (C=O) groups is 2. The van der Waals surface area contributed by atoms with Gasteiger partial charge < -0.3 is 10.4 Å². The number of nitrogens with zero attached hydrogens (tertiary/aromatic N) is 1. The highest BCUT2D eigenvalue weighted by Crippen LogP contribution is 2.07. The van der Waals surface area contributed by atoms with Crippen LogP contribution in [-0.4, -0.2) is 33.1 Å². The van der Waals surface area contributed by atoms with Crippen LogP contribution in [0.3, 0.4) is 0 Å². The molecule has 8 nitrogen and oxygen atoms in total. The molecular weight excluding hydrogens is 314 g/mol. The molecule has 1 amide bonds. The zero-order valence-corrected chi connectivity index (χ0v) is 13.1. The van der Waals surface area contributed by atoms with E-state index in [0.29, 0.717) is 30.3 Å². The molecule has 0 fully saturated rings. The first-order chi connectivity index (χ1) is 11.5. The van der Waals surface area contributed by atoms with E-state index < -0.39 is 17.2 Å². The highest BCUT2D eigenvalue weighted by atomic mass is 16.4. The van der Waals surface area contributed by atoms with Gasteiger partial charge in [-0.1, -0.05) is 12.1 Å². The summed E-state index contributed by atoms with van der Waals surface area (Å²) in [4.78, 5) is 48.1. The van der Waals surface area contributed by atoms with Crippen LogP contribution in [-0.2, 0) is 16.1 Å². The number of hydrogen-bond donors (Lipinski definition) is 3. The van der Waals surface area contributed by atoms with Crippen LogP contribution in [0.15, 0.2) is 33.9 Å². The topological polar surface area (TPSA) is 121 Å². The summed E-state index contributed by atoms with van der Waals surface area (Å²) in [5.74, 6) is -1.09. The van der Waals surface area contributed by atoms with Crippen LogP contribution < -0.4 is 16.6 Å². The van der Waals surface area contributed by atoms with Crippen molar-refractivity contribution in [3.05, 3.63) is 45.1 Å². The fourth-order valence-corrected chi connectivity index (χ4v) is 2.40. The van der Waals surface area contributed by atoms with E-state index in [1.807, 2.05) is 0 Å². The van der Waals surface area contributed by atoms with Gasteiger partial charge in [0.15, 0.2) is 0 Å². The maximum absolute atomic E-state index is 11.9. The second kappa shape index (κ2) is 8.09. The normalized spacial score (nSPS) is 10.7. The number of aromatic nitrogens is 2. The average molecular weight is 333 g/mol. The molecule has 0 saturated carbocycles. The Kier molecular flexibility index (Phi) is 5.89. The molecule has 128 valence electrons. The number of aliphatic carboxylic acids is 1. The molecule has 0 aliphatic carbocycles. The van der Waals surface area contributed by atoms with Crippen molar-refractivity contribution in [2.45, 2.75) is 32.2 Å². The second-order valence-corrected chi connectivity index (χ2v) is 5.38. The van der Waals surface area contributed by atoms with Crippen molar-refractivity contribution in [3.8, 4) is 0 Å². The number of para-hydroxylation sites is 1. The average Bonchev–Trinajstić information content (AvgIpc) is 2.54. The Morgan fingerprint density at radius 3 is 2.62 bits per heavy atom. The number of carboxylic acids is 1. The first-order valence-electron chi connectivity index (χ1n) is 7.69. The molecule has 8 heteroatoms. The van der Waals surface area contributed by atoms with E-state index in [1.165, 1.54) is 4.57 Å². The smallest absolute Gasteiger partial charge is 0.328 e. The summed E-state index contributed by atoms with van der Waals surface area (Å²) in [6.07, 6.45) is 1.25. The van der Waals surface area contributed by atoms with Gasteiger partial charge in [-0.15, -0.1) is 0 Å². The van der Waals surface area contributed by atoms with Crippen molar-refractivity contribution in [1.82, 2.24) is 14.9 Å². The Morgan fingerprint density at radius 2 is 1.88 bits per heavy atom. The number of amides is 1. The Morgan fingerprint density at radius 1 is 1.12 bits per heavy atom. The maximum atomic E-state index is 11.9. The SMILES string of the molecule is O=C(O)CCCCNC(=O)CCn1c(=O)[nH]c(=O)c2ccccc21. The number of carboxylic acid groups (broad SMARTS) is 1. The van der Waals surface area contributed by atoms with E-state index in [1.54, 1.807) is 24.3 Å². The summed E-state index contributed by atoms with van der Waals surface area (Å²) >= 11 is 0. The third kappa shape index (κ3) is 4.55. The third-order valence-electron chi connectivity index (χ3n) is 3.61. The summed E-state index contributed by atoms with van der Waals surface area (Å²) in [6, 6.07) is 6.71. The van der Waals surface area contributed by atoms with Gasteiger partial charge >= 0.3 is 11.7 Å². The van der Waals surface area contributed by atoms with Gasteiger partial charge in [0.25, 0.3) is 5.56 Å². The number of nitrogens with one attached hydrogen (secondary N) is 2. The van der Waals surface area contributed by atoms with Crippen LogP contribution in [0.25, 0.3) is 10.9 Å². The lowest BCUT2D eigenvalue weighted by molar-refractivity contribution is -0.137. The van der Waals surface area contributed by atoms with E-state index in [-0.39, 0.29) is 25.3 Å². The predicted octanol–water partition coefficient (Wildman–Crippen LogP) is 0.451. The van der Waals surface area contributed by atoms with Crippen LogP contribution in [0.1, 0.15) is 25.7 Å². The number of unbranched alkanes of at least 4 members (excludes halogenated alkanes) is 1. The van der Waals surface area contributed by atoms with Gasteiger partial charge in [-0.05, 0) is 25.0 Å². The zero-order chi connectivity index (χ0) is 17.5.